The molecule has 0 fully saturated rings. The molecule has 0 saturated carbocycles. The van der Waals surface area contributed by atoms with Gasteiger partial charge in [-0.15, -0.1) is 0 Å². The van der Waals surface area contributed by atoms with Crippen molar-refractivity contribution in [1.82, 2.24) is 0 Å². The van der Waals surface area contributed by atoms with Crippen LogP contribution in [0, 0.1) is 0 Å². The number of carbonyl (C=O) groups excluding carboxylic acids is 1. The largest absolute Gasteiger partial charge is 0.465 e. The third kappa shape index (κ3) is 5.18. The van der Waals surface area contributed by atoms with Gasteiger partial charge in [-0.05, 0) is 31.0 Å². The lowest BCUT2D eigenvalue weighted by molar-refractivity contribution is 0.0602. The van der Waals surface area contributed by atoms with Crippen LogP contribution in [0.2, 0.25) is 0 Å². The van der Waals surface area contributed by atoms with Crippen LogP contribution in [0.25, 0.3) is 0 Å². The van der Waals surface area contributed by atoms with Gasteiger partial charge in [0.2, 0.25) is 0 Å². The lowest BCUT2D eigenvalue weighted by Gasteiger charge is -2.11. The highest BCUT2D eigenvalue weighted by Crippen LogP contribution is 2.19. The molecule has 0 aliphatic rings. The maximum absolute atomic E-state index is 11.6. The van der Waals surface area contributed by atoms with Crippen LogP contribution in [0.15, 0.2) is 18.2 Å². The number of anilines is 2. The van der Waals surface area contributed by atoms with Gasteiger partial charge in [-0.1, -0.05) is 6.92 Å². The summed E-state index contributed by atoms with van der Waals surface area (Å²) in [6.07, 6.45) is 1.91. The summed E-state index contributed by atoms with van der Waals surface area (Å²) in [5.74, 6) is -0.392. The van der Waals surface area contributed by atoms with Gasteiger partial charge in [0.25, 0.3) is 0 Å². The first kappa shape index (κ1) is 15.3. The second-order valence-electron chi connectivity index (χ2n) is 4.19. The van der Waals surface area contributed by atoms with Crippen molar-refractivity contribution in [2.75, 3.05) is 37.9 Å². The molecule has 0 aromatic heterocycles. The van der Waals surface area contributed by atoms with E-state index in [1.807, 2.05) is 0 Å². The third-order valence-corrected chi connectivity index (χ3v) is 2.58. The Morgan fingerprint density at radius 3 is 2.84 bits per heavy atom. The zero-order chi connectivity index (χ0) is 14.1. The first-order chi connectivity index (χ1) is 9.19. The molecule has 19 heavy (non-hydrogen) atoms. The molecule has 5 nitrogen and oxygen atoms in total. The van der Waals surface area contributed by atoms with E-state index in [2.05, 4.69) is 12.2 Å². The van der Waals surface area contributed by atoms with E-state index in [1.54, 1.807) is 18.2 Å². The molecule has 0 saturated heterocycles. The van der Waals surface area contributed by atoms with Crippen LogP contribution < -0.4 is 11.1 Å². The van der Waals surface area contributed by atoms with Crippen LogP contribution in [0.5, 0.6) is 0 Å². The minimum atomic E-state index is -0.392. The fraction of sp³-hybridized carbons (Fsp3) is 0.500. The van der Waals surface area contributed by atoms with Gasteiger partial charge >= 0.3 is 5.97 Å². The Bertz CT molecular complexity index is 408. The first-order valence-corrected chi connectivity index (χ1v) is 6.48. The summed E-state index contributed by atoms with van der Waals surface area (Å²) in [5, 5.41) is 3.20. The Labute approximate surface area is 114 Å². The van der Waals surface area contributed by atoms with Crippen molar-refractivity contribution in [2.45, 2.75) is 19.8 Å². The van der Waals surface area contributed by atoms with Crippen LogP contribution >= 0.6 is 0 Å². The van der Waals surface area contributed by atoms with Crippen molar-refractivity contribution in [3.63, 3.8) is 0 Å². The number of hydrogen-bond acceptors (Lipinski definition) is 5. The van der Waals surface area contributed by atoms with Crippen LogP contribution in [-0.2, 0) is 9.47 Å². The molecule has 5 heteroatoms. The molecule has 106 valence electrons. The van der Waals surface area contributed by atoms with Crippen molar-refractivity contribution in [3.8, 4) is 0 Å². The van der Waals surface area contributed by atoms with Crippen molar-refractivity contribution < 1.29 is 14.3 Å². The smallest absolute Gasteiger partial charge is 0.340 e. The number of nitrogens with one attached hydrogen (secondary N) is 1. The average Bonchev–Trinajstić information content (AvgIpc) is 2.43. The quantitative estimate of drug-likeness (QED) is 0.429. The average molecular weight is 266 g/mol. The molecule has 0 aliphatic heterocycles. The van der Waals surface area contributed by atoms with Gasteiger partial charge in [0.1, 0.15) is 0 Å². The summed E-state index contributed by atoms with van der Waals surface area (Å²) in [6.45, 7) is 4.31. The van der Waals surface area contributed by atoms with E-state index < -0.39 is 5.97 Å². The summed E-state index contributed by atoms with van der Waals surface area (Å²) >= 11 is 0. The fourth-order valence-corrected chi connectivity index (χ4v) is 1.64. The summed E-state index contributed by atoms with van der Waals surface area (Å²) in [6, 6.07) is 5.15. The van der Waals surface area contributed by atoms with E-state index in [4.69, 9.17) is 15.2 Å². The van der Waals surface area contributed by atoms with E-state index in [1.165, 1.54) is 7.11 Å². The Morgan fingerprint density at radius 2 is 2.16 bits per heavy atom. The van der Waals surface area contributed by atoms with E-state index in [-0.39, 0.29) is 0 Å². The molecule has 0 atom stereocenters. The van der Waals surface area contributed by atoms with Crippen molar-refractivity contribution in [2.24, 2.45) is 0 Å². The second-order valence-corrected chi connectivity index (χ2v) is 4.19. The molecular formula is C14H22N2O3. The highest BCUT2D eigenvalue weighted by molar-refractivity contribution is 5.96. The minimum Gasteiger partial charge on any atom is -0.465 e. The Kier molecular flexibility index (Phi) is 6.74. The summed E-state index contributed by atoms with van der Waals surface area (Å²) in [7, 11) is 1.36. The number of esters is 1. The summed E-state index contributed by atoms with van der Waals surface area (Å²) < 4.78 is 10.1. The molecule has 1 aromatic carbocycles. The van der Waals surface area contributed by atoms with E-state index in [0.29, 0.717) is 17.9 Å². The molecule has 0 bridgehead atoms. The number of methoxy groups -OCH3 is 1. The molecule has 0 unspecified atom stereocenters. The Hall–Kier alpha value is -1.75. The third-order valence-electron chi connectivity index (χ3n) is 2.58. The minimum absolute atomic E-state index is 0.392. The lowest BCUT2D eigenvalue weighted by Crippen LogP contribution is -2.11. The van der Waals surface area contributed by atoms with Crippen LogP contribution in [0.4, 0.5) is 11.4 Å². The standard InChI is InChI=1S/C14H22N2O3/c1-3-8-19-9-4-7-16-13-6-5-11(15)10-12(13)14(17)18-2/h5-6,10,16H,3-4,7-9,15H2,1-2H3. The highest BCUT2D eigenvalue weighted by Gasteiger charge is 2.11. The molecule has 0 radical (unpaired) electrons. The number of rotatable bonds is 8. The van der Waals surface area contributed by atoms with E-state index in [0.717, 1.165) is 31.7 Å². The zero-order valence-corrected chi connectivity index (χ0v) is 11.6. The zero-order valence-electron chi connectivity index (χ0n) is 11.6. The normalized spacial score (nSPS) is 10.2. The lowest BCUT2D eigenvalue weighted by atomic mass is 10.1. The van der Waals surface area contributed by atoms with Gasteiger partial charge in [-0.3, -0.25) is 0 Å². The molecule has 0 aliphatic carbocycles. The molecule has 0 amide bonds. The predicted octanol–water partition coefficient (Wildman–Crippen LogP) is 2.28. The monoisotopic (exact) mass is 266 g/mol. The van der Waals surface area contributed by atoms with Gasteiger partial charge < -0.3 is 20.5 Å². The molecule has 3 N–H and O–H groups in total. The highest BCUT2D eigenvalue weighted by atomic mass is 16.5. The number of nitrogen functional groups attached to an aromatic ring is 1. The first-order valence-electron chi connectivity index (χ1n) is 6.48. The van der Waals surface area contributed by atoms with Gasteiger partial charge in [0, 0.05) is 31.1 Å². The van der Waals surface area contributed by atoms with Gasteiger partial charge in [-0.2, -0.15) is 0 Å². The summed E-state index contributed by atoms with van der Waals surface area (Å²) in [4.78, 5) is 11.6. The maximum atomic E-state index is 11.6. The van der Waals surface area contributed by atoms with Crippen LogP contribution in [-0.4, -0.2) is 32.8 Å². The topological polar surface area (TPSA) is 73.6 Å². The van der Waals surface area contributed by atoms with E-state index >= 15 is 0 Å². The number of hydrogen-bond donors (Lipinski definition) is 2. The SMILES string of the molecule is CCCOCCCNc1ccc(N)cc1C(=O)OC. The van der Waals surface area contributed by atoms with E-state index in [9.17, 15) is 4.79 Å². The van der Waals surface area contributed by atoms with Crippen LogP contribution in [0.1, 0.15) is 30.1 Å². The Balaban J connectivity index is 2.50. The predicted molar refractivity (Wildman–Crippen MR) is 76.4 cm³/mol. The number of benzene rings is 1. The number of ether oxygens (including phenoxy) is 2. The van der Waals surface area contributed by atoms with Gasteiger partial charge in [0.05, 0.1) is 12.7 Å². The second kappa shape index (κ2) is 8.37. The van der Waals surface area contributed by atoms with Crippen molar-refractivity contribution in [3.05, 3.63) is 23.8 Å². The van der Waals surface area contributed by atoms with Crippen molar-refractivity contribution >= 4 is 17.3 Å². The molecule has 0 heterocycles. The number of carbonyl (C=O) groups is 1. The molecule has 1 rings (SSSR count). The van der Waals surface area contributed by atoms with Crippen molar-refractivity contribution in [1.29, 1.82) is 0 Å². The van der Waals surface area contributed by atoms with Crippen LogP contribution in [0.3, 0.4) is 0 Å². The fourth-order valence-electron chi connectivity index (χ4n) is 1.64. The Morgan fingerprint density at radius 1 is 1.37 bits per heavy atom. The van der Waals surface area contributed by atoms with Gasteiger partial charge in [0.15, 0.2) is 0 Å². The molecular weight excluding hydrogens is 244 g/mol. The maximum Gasteiger partial charge on any atom is 0.340 e. The van der Waals surface area contributed by atoms with Gasteiger partial charge in [-0.25, -0.2) is 4.79 Å². The summed E-state index contributed by atoms with van der Waals surface area (Å²) in [5.41, 5.74) is 7.40. The number of nitrogens with two attached hydrogens (primary N) is 1. The molecule has 0 spiro atoms. The molecule has 1 aromatic rings.